The fourth-order valence-corrected chi connectivity index (χ4v) is 4.01. The first-order chi connectivity index (χ1) is 13.0. The number of rotatable bonds is 5. The second kappa shape index (κ2) is 8.22. The van der Waals surface area contributed by atoms with Crippen molar-refractivity contribution >= 4 is 34.2 Å². The zero-order valence-corrected chi connectivity index (χ0v) is 15.8. The molecule has 0 saturated carbocycles. The number of benzene rings is 2. The Labute approximate surface area is 161 Å². The molecule has 1 saturated heterocycles. The van der Waals surface area contributed by atoms with Crippen LogP contribution in [0, 0.1) is 10.1 Å². The fraction of sp³-hybridized carbons (Fsp3) is 0.263. The molecule has 1 atom stereocenters. The molecule has 0 spiro atoms. The number of thioether (sulfide) groups is 1. The molecule has 1 fully saturated rings. The van der Waals surface area contributed by atoms with Gasteiger partial charge < -0.3 is 4.74 Å². The van der Waals surface area contributed by atoms with E-state index in [9.17, 15) is 14.9 Å². The zero-order valence-electron chi connectivity index (χ0n) is 15.0. The number of hydrogen-bond donors (Lipinski definition) is 0. The van der Waals surface area contributed by atoms with Crippen LogP contribution in [-0.2, 0) is 0 Å². The van der Waals surface area contributed by atoms with Crippen molar-refractivity contribution in [3.63, 3.8) is 0 Å². The second-order valence-electron chi connectivity index (χ2n) is 5.94. The van der Waals surface area contributed by atoms with Gasteiger partial charge in [0.05, 0.1) is 17.7 Å². The van der Waals surface area contributed by atoms with Gasteiger partial charge in [-0.1, -0.05) is 18.7 Å². The molecular formula is C19H19N3O4S. The molecule has 140 valence electrons. The highest BCUT2D eigenvalue weighted by molar-refractivity contribution is 8.14. The molecule has 0 radical (unpaired) electrons. The van der Waals surface area contributed by atoms with Crippen molar-refractivity contribution in [3.05, 3.63) is 64.2 Å². The number of nitrogens with zero attached hydrogens (tertiary/aromatic N) is 3. The van der Waals surface area contributed by atoms with Crippen LogP contribution in [0.5, 0.6) is 5.75 Å². The zero-order chi connectivity index (χ0) is 19.4. The van der Waals surface area contributed by atoms with Crippen LogP contribution < -0.4 is 4.74 Å². The van der Waals surface area contributed by atoms with Crippen molar-refractivity contribution in [2.75, 3.05) is 12.9 Å². The van der Waals surface area contributed by atoms with Gasteiger partial charge >= 0.3 is 0 Å². The van der Waals surface area contributed by atoms with Crippen LogP contribution in [0.1, 0.15) is 23.7 Å². The third-order valence-electron chi connectivity index (χ3n) is 4.29. The van der Waals surface area contributed by atoms with Crippen molar-refractivity contribution in [3.8, 4) is 5.75 Å². The van der Waals surface area contributed by atoms with Crippen molar-refractivity contribution in [1.29, 1.82) is 0 Å². The quantitative estimate of drug-likeness (QED) is 0.567. The Kier molecular flexibility index (Phi) is 5.75. The summed E-state index contributed by atoms with van der Waals surface area (Å²) in [5.41, 5.74) is 1.10. The molecule has 1 heterocycles. The largest absolute Gasteiger partial charge is 0.497 e. The second-order valence-corrected chi connectivity index (χ2v) is 6.93. The topological polar surface area (TPSA) is 85.0 Å². The summed E-state index contributed by atoms with van der Waals surface area (Å²) in [6.07, 6.45) is 0.799. The maximum Gasteiger partial charge on any atom is 0.269 e. The fourth-order valence-electron chi connectivity index (χ4n) is 2.74. The number of non-ortho nitro benzene ring substituents is 1. The number of nitro benzene ring substituents is 1. The van der Waals surface area contributed by atoms with Gasteiger partial charge in [-0.25, -0.2) is 4.99 Å². The lowest BCUT2D eigenvalue weighted by Crippen LogP contribution is -2.39. The summed E-state index contributed by atoms with van der Waals surface area (Å²) < 4.78 is 5.15. The van der Waals surface area contributed by atoms with E-state index in [1.807, 2.05) is 31.2 Å². The highest BCUT2D eigenvalue weighted by Crippen LogP contribution is 2.31. The maximum atomic E-state index is 13.0. The first-order valence-corrected chi connectivity index (χ1v) is 9.45. The Morgan fingerprint density at radius 2 is 1.93 bits per heavy atom. The molecule has 0 aromatic heterocycles. The average Bonchev–Trinajstić information content (AvgIpc) is 3.10. The van der Waals surface area contributed by atoms with E-state index in [1.165, 1.54) is 36.0 Å². The lowest BCUT2D eigenvalue weighted by molar-refractivity contribution is -0.384. The highest BCUT2D eigenvalue weighted by Gasteiger charge is 2.34. The van der Waals surface area contributed by atoms with Crippen LogP contribution in [-0.4, -0.2) is 39.8 Å². The summed E-state index contributed by atoms with van der Waals surface area (Å²) in [5.74, 6) is 1.31. The Bertz CT molecular complexity index is 866. The summed E-state index contributed by atoms with van der Waals surface area (Å²) in [4.78, 5) is 29.7. The Morgan fingerprint density at radius 1 is 1.26 bits per heavy atom. The van der Waals surface area contributed by atoms with Crippen molar-refractivity contribution in [2.45, 2.75) is 19.4 Å². The molecule has 27 heavy (non-hydrogen) atoms. The number of amides is 1. The van der Waals surface area contributed by atoms with Crippen molar-refractivity contribution in [1.82, 2.24) is 4.90 Å². The van der Waals surface area contributed by atoms with Crippen LogP contribution in [0.4, 0.5) is 11.4 Å². The maximum absolute atomic E-state index is 13.0. The molecule has 0 aliphatic carbocycles. The van der Waals surface area contributed by atoms with Gasteiger partial charge in [0.15, 0.2) is 5.17 Å². The van der Waals surface area contributed by atoms with E-state index in [0.717, 1.165) is 23.6 Å². The summed E-state index contributed by atoms with van der Waals surface area (Å²) in [5, 5.41) is 11.5. The number of hydrogen-bond acceptors (Lipinski definition) is 6. The molecule has 2 aromatic carbocycles. The van der Waals surface area contributed by atoms with Crippen molar-refractivity contribution < 1.29 is 14.5 Å². The third kappa shape index (κ3) is 4.11. The van der Waals surface area contributed by atoms with E-state index in [0.29, 0.717) is 10.7 Å². The summed E-state index contributed by atoms with van der Waals surface area (Å²) in [6, 6.07) is 13.0. The first-order valence-electron chi connectivity index (χ1n) is 8.47. The van der Waals surface area contributed by atoms with Gasteiger partial charge in [-0.15, -0.1) is 0 Å². The number of carbonyl (C=O) groups excluding carboxylic acids is 1. The van der Waals surface area contributed by atoms with Gasteiger partial charge in [0, 0.05) is 29.5 Å². The predicted molar refractivity (Wildman–Crippen MR) is 106 cm³/mol. The highest BCUT2D eigenvalue weighted by atomic mass is 32.2. The minimum atomic E-state index is -0.481. The number of methoxy groups -OCH3 is 1. The van der Waals surface area contributed by atoms with Crippen LogP contribution in [0.2, 0.25) is 0 Å². The summed E-state index contributed by atoms with van der Waals surface area (Å²) >= 11 is 1.53. The molecule has 1 aliphatic heterocycles. The average molecular weight is 385 g/mol. The molecule has 2 aromatic rings. The first kappa shape index (κ1) is 18.9. The van der Waals surface area contributed by atoms with Gasteiger partial charge in [-0.05, 0) is 42.8 Å². The van der Waals surface area contributed by atoms with Gasteiger partial charge in [0.2, 0.25) is 0 Å². The van der Waals surface area contributed by atoms with Crippen molar-refractivity contribution in [2.24, 2.45) is 4.99 Å². The Balaban J connectivity index is 1.89. The van der Waals surface area contributed by atoms with E-state index < -0.39 is 4.92 Å². The Hall–Kier alpha value is -2.87. The minimum absolute atomic E-state index is 0.0368. The van der Waals surface area contributed by atoms with Gasteiger partial charge in [0.25, 0.3) is 11.6 Å². The molecular weight excluding hydrogens is 366 g/mol. The molecule has 0 bridgehead atoms. The normalized spacial score (nSPS) is 17.9. The lowest BCUT2D eigenvalue weighted by Gasteiger charge is -2.23. The Morgan fingerprint density at radius 3 is 2.48 bits per heavy atom. The number of ether oxygens (including phenoxy) is 1. The number of carbonyl (C=O) groups is 1. The van der Waals surface area contributed by atoms with Gasteiger partial charge in [0.1, 0.15) is 5.75 Å². The number of amidine groups is 1. The van der Waals surface area contributed by atoms with E-state index in [1.54, 1.807) is 12.0 Å². The van der Waals surface area contributed by atoms with E-state index in [-0.39, 0.29) is 17.6 Å². The lowest BCUT2D eigenvalue weighted by atomic mass is 10.1. The van der Waals surface area contributed by atoms with Gasteiger partial charge in [-0.2, -0.15) is 0 Å². The molecule has 3 rings (SSSR count). The van der Waals surface area contributed by atoms with Crippen LogP contribution in [0.15, 0.2) is 53.5 Å². The molecule has 1 amide bonds. The molecule has 8 heteroatoms. The summed E-state index contributed by atoms with van der Waals surface area (Å²) in [7, 11) is 1.60. The van der Waals surface area contributed by atoms with Crippen LogP contribution in [0.25, 0.3) is 0 Å². The molecule has 0 unspecified atom stereocenters. The number of nitro groups is 1. The number of aliphatic imine (C=N–C) groups is 1. The molecule has 7 nitrogen and oxygen atoms in total. The molecule has 1 aliphatic rings. The van der Waals surface area contributed by atoms with Gasteiger partial charge in [-0.3, -0.25) is 19.8 Å². The summed E-state index contributed by atoms with van der Waals surface area (Å²) in [6.45, 7) is 2.03. The SMILES string of the molecule is CC[C@H]1CSC(=Nc2ccc(OC)cc2)N1C(=O)c1ccc([N+](=O)[O-])cc1. The smallest absolute Gasteiger partial charge is 0.269 e. The van der Waals surface area contributed by atoms with Crippen LogP contribution in [0.3, 0.4) is 0 Å². The standard InChI is InChI=1S/C19H19N3O4S/c1-3-15-12-27-19(20-14-6-10-17(26-2)11-7-14)21(15)18(23)13-4-8-16(9-5-13)22(24)25/h4-11,15H,3,12H2,1-2H3/t15-/m0/s1. The predicted octanol–water partition coefficient (Wildman–Crippen LogP) is 4.26. The van der Waals surface area contributed by atoms with E-state index >= 15 is 0 Å². The van der Waals surface area contributed by atoms with E-state index in [4.69, 9.17) is 4.74 Å². The molecule has 0 N–H and O–H groups in total. The minimum Gasteiger partial charge on any atom is -0.497 e. The van der Waals surface area contributed by atoms with E-state index in [2.05, 4.69) is 4.99 Å². The van der Waals surface area contributed by atoms with Crippen LogP contribution >= 0.6 is 11.8 Å². The third-order valence-corrected chi connectivity index (χ3v) is 5.39. The monoisotopic (exact) mass is 385 g/mol.